The topological polar surface area (TPSA) is 85.6 Å². The molecule has 0 spiro atoms. The summed E-state index contributed by atoms with van der Waals surface area (Å²) in [6.45, 7) is 4.25. The van der Waals surface area contributed by atoms with Crippen LogP contribution in [0.25, 0.3) is 5.69 Å². The molecule has 1 amide bonds. The third-order valence-electron chi connectivity index (χ3n) is 4.37. The fraction of sp³-hybridized carbons (Fsp3) is 0.190. The van der Waals surface area contributed by atoms with Crippen LogP contribution in [0, 0.1) is 13.8 Å². The Balaban J connectivity index is 1.66. The molecule has 1 aromatic carbocycles. The smallest absolute Gasteiger partial charge is 0.274 e. The highest BCUT2D eigenvalue weighted by Gasteiger charge is 2.22. The first-order chi connectivity index (χ1) is 15.4. The summed E-state index contributed by atoms with van der Waals surface area (Å²) < 4.78 is 1.58. The van der Waals surface area contributed by atoms with E-state index < -0.39 is 0 Å². The van der Waals surface area contributed by atoms with Gasteiger partial charge in [0.2, 0.25) is 0 Å². The van der Waals surface area contributed by atoms with Gasteiger partial charge in [-0.15, -0.1) is 16.4 Å². The van der Waals surface area contributed by atoms with E-state index in [0.717, 1.165) is 16.3 Å². The second kappa shape index (κ2) is 9.99. The van der Waals surface area contributed by atoms with Gasteiger partial charge < -0.3 is 5.32 Å². The first-order valence-electron chi connectivity index (χ1n) is 9.56. The van der Waals surface area contributed by atoms with E-state index in [0.29, 0.717) is 38.9 Å². The number of nitrogens with zero attached hydrogens (tertiary/aromatic N) is 5. The zero-order valence-corrected chi connectivity index (χ0v) is 20.3. The number of aromatic nitrogens is 5. The second-order valence-corrected chi connectivity index (χ2v) is 9.76. The zero-order valence-electron chi connectivity index (χ0n) is 17.2. The minimum absolute atomic E-state index is 0.231. The van der Waals surface area contributed by atoms with Crippen LogP contribution < -0.4 is 5.32 Å². The van der Waals surface area contributed by atoms with Gasteiger partial charge in [-0.1, -0.05) is 46.2 Å². The summed E-state index contributed by atoms with van der Waals surface area (Å²) in [5.41, 5.74) is 3.20. The van der Waals surface area contributed by atoms with Crippen LogP contribution in [0.5, 0.6) is 0 Å². The van der Waals surface area contributed by atoms with Gasteiger partial charge in [0.25, 0.3) is 5.91 Å². The Kier molecular flexibility index (Phi) is 7.10. The van der Waals surface area contributed by atoms with E-state index in [-0.39, 0.29) is 11.6 Å². The van der Waals surface area contributed by atoms with Gasteiger partial charge in [-0.25, -0.2) is 14.6 Å². The molecule has 0 saturated heterocycles. The summed E-state index contributed by atoms with van der Waals surface area (Å²) in [5.74, 6) is 0.0663. The summed E-state index contributed by atoms with van der Waals surface area (Å²) in [4.78, 5) is 22.9. The van der Waals surface area contributed by atoms with Crippen LogP contribution in [-0.4, -0.2) is 30.9 Å². The van der Waals surface area contributed by atoms with Crippen molar-refractivity contribution in [3.05, 3.63) is 79.5 Å². The predicted molar refractivity (Wildman–Crippen MR) is 128 cm³/mol. The summed E-state index contributed by atoms with van der Waals surface area (Å²) >= 11 is 15.4. The number of hydrogen-bond donors (Lipinski definition) is 1. The Labute approximate surface area is 203 Å². The van der Waals surface area contributed by atoms with E-state index in [9.17, 15) is 4.79 Å². The molecule has 0 bridgehead atoms. The molecule has 32 heavy (non-hydrogen) atoms. The first-order valence-corrected chi connectivity index (χ1v) is 12.2. The highest BCUT2D eigenvalue weighted by Crippen LogP contribution is 2.27. The van der Waals surface area contributed by atoms with Crippen molar-refractivity contribution in [3.8, 4) is 5.69 Å². The Morgan fingerprint density at radius 1 is 1.12 bits per heavy atom. The van der Waals surface area contributed by atoms with E-state index in [2.05, 4.69) is 25.6 Å². The molecule has 0 unspecified atom stereocenters. The molecule has 0 fully saturated rings. The summed E-state index contributed by atoms with van der Waals surface area (Å²) in [5, 5.41) is 14.8. The molecule has 164 valence electrons. The maximum absolute atomic E-state index is 12.9. The molecule has 1 N–H and O–H groups in total. The first kappa shape index (κ1) is 22.7. The summed E-state index contributed by atoms with van der Waals surface area (Å²) in [7, 11) is 0. The number of benzene rings is 1. The van der Waals surface area contributed by atoms with Gasteiger partial charge in [-0.2, -0.15) is 0 Å². The lowest BCUT2D eigenvalue weighted by molar-refractivity contribution is 0.0945. The number of thioether (sulfide) groups is 1. The Morgan fingerprint density at radius 3 is 2.50 bits per heavy atom. The molecular formula is C21H18Cl2N6OS2. The highest BCUT2D eigenvalue weighted by molar-refractivity contribution is 7.98. The van der Waals surface area contributed by atoms with E-state index in [4.69, 9.17) is 23.2 Å². The van der Waals surface area contributed by atoms with Gasteiger partial charge in [0.15, 0.2) is 10.9 Å². The van der Waals surface area contributed by atoms with Crippen LogP contribution in [0.4, 0.5) is 0 Å². The second-order valence-electron chi connectivity index (χ2n) is 6.91. The van der Waals surface area contributed by atoms with Crippen LogP contribution >= 0.6 is 46.3 Å². The molecule has 0 aliphatic heterocycles. The van der Waals surface area contributed by atoms with Crippen molar-refractivity contribution in [1.29, 1.82) is 0 Å². The van der Waals surface area contributed by atoms with Crippen LogP contribution in [0.15, 0.2) is 46.9 Å². The predicted octanol–water partition coefficient (Wildman–Crippen LogP) is 5.26. The zero-order chi connectivity index (χ0) is 22.7. The lowest BCUT2D eigenvalue weighted by Crippen LogP contribution is -2.24. The van der Waals surface area contributed by atoms with Gasteiger partial charge in [0, 0.05) is 32.1 Å². The molecular weight excluding hydrogens is 487 g/mol. The van der Waals surface area contributed by atoms with Gasteiger partial charge >= 0.3 is 0 Å². The number of carbonyl (C=O) groups excluding carboxylic acids is 1. The molecule has 0 saturated carbocycles. The minimum atomic E-state index is -0.310. The molecule has 0 radical (unpaired) electrons. The third-order valence-corrected chi connectivity index (χ3v) is 6.54. The van der Waals surface area contributed by atoms with Crippen LogP contribution in [0.3, 0.4) is 0 Å². The maximum atomic E-state index is 12.9. The van der Waals surface area contributed by atoms with Gasteiger partial charge in [0.05, 0.1) is 17.9 Å². The molecule has 4 rings (SSSR count). The van der Waals surface area contributed by atoms with E-state index in [1.807, 2.05) is 37.4 Å². The van der Waals surface area contributed by atoms with E-state index >= 15 is 0 Å². The largest absolute Gasteiger partial charge is 0.346 e. The van der Waals surface area contributed by atoms with Crippen molar-refractivity contribution >= 4 is 52.2 Å². The maximum Gasteiger partial charge on any atom is 0.274 e. The third kappa shape index (κ3) is 5.47. The fourth-order valence-electron chi connectivity index (χ4n) is 3.03. The molecule has 4 aromatic rings. The number of amides is 1. The Bertz CT molecular complexity index is 1220. The molecule has 3 aromatic heterocycles. The average Bonchev–Trinajstić information content (AvgIpc) is 3.39. The van der Waals surface area contributed by atoms with Crippen molar-refractivity contribution in [1.82, 2.24) is 30.3 Å². The average molecular weight is 505 g/mol. The number of carbonyl (C=O) groups is 1. The monoisotopic (exact) mass is 504 g/mol. The molecule has 0 aliphatic carbocycles. The van der Waals surface area contributed by atoms with Crippen molar-refractivity contribution < 1.29 is 4.79 Å². The standard InChI is InChI=1S/C21H18Cl2N6OS2/c1-12-6-13(2)26-21(25-12)32-11-18-19(20(30)24-10-17-4-3-5-31-17)27-28-29(18)16-8-14(22)7-15(23)9-16/h3-9H,10-11H2,1-2H3,(H,24,30). The molecule has 0 aliphatic rings. The number of thiophene rings is 1. The fourth-order valence-corrected chi connectivity index (χ4v) is 5.13. The lowest BCUT2D eigenvalue weighted by Gasteiger charge is -2.09. The summed E-state index contributed by atoms with van der Waals surface area (Å²) in [6.07, 6.45) is 0. The summed E-state index contributed by atoms with van der Waals surface area (Å²) in [6, 6.07) is 10.9. The van der Waals surface area contributed by atoms with Gasteiger partial charge in [-0.05, 0) is 49.6 Å². The quantitative estimate of drug-likeness (QED) is 0.272. The number of hydrogen-bond acceptors (Lipinski definition) is 7. The molecule has 7 nitrogen and oxygen atoms in total. The van der Waals surface area contributed by atoms with Crippen LogP contribution in [0.1, 0.15) is 32.4 Å². The van der Waals surface area contributed by atoms with Gasteiger partial charge in [0.1, 0.15) is 0 Å². The highest BCUT2D eigenvalue weighted by atomic mass is 35.5. The molecule has 3 heterocycles. The Hall–Kier alpha value is -2.46. The van der Waals surface area contributed by atoms with E-state index in [1.54, 1.807) is 34.2 Å². The number of aryl methyl sites for hydroxylation is 2. The van der Waals surface area contributed by atoms with Crippen LogP contribution in [0.2, 0.25) is 10.0 Å². The van der Waals surface area contributed by atoms with Gasteiger partial charge in [-0.3, -0.25) is 4.79 Å². The SMILES string of the molecule is Cc1cc(C)nc(SCc2c(C(=O)NCc3cccs3)nnn2-c2cc(Cl)cc(Cl)c2)n1. The van der Waals surface area contributed by atoms with Crippen molar-refractivity contribution in [2.24, 2.45) is 0 Å². The van der Waals surface area contributed by atoms with Crippen molar-refractivity contribution in [3.63, 3.8) is 0 Å². The van der Waals surface area contributed by atoms with Crippen molar-refractivity contribution in [2.45, 2.75) is 31.3 Å². The Morgan fingerprint density at radius 2 is 1.84 bits per heavy atom. The lowest BCUT2D eigenvalue weighted by atomic mass is 10.2. The molecule has 11 heteroatoms. The van der Waals surface area contributed by atoms with E-state index in [1.165, 1.54) is 11.8 Å². The van der Waals surface area contributed by atoms with Crippen LogP contribution in [-0.2, 0) is 12.3 Å². The minimum Gasteiger partial charge on any atom is -0.346 e. The normalized spacial score (nSPS) is 11.0. The molecule has 0 atom stereocenters. The number of halogens is 2. The number of rotatable bonds is 7. The number of nitrogens with one attached hydrogen (secondary N) is 1. The van der Waals surface area contributed by atoms with Crippen molar-refractivity contribution in [2.75, 3.05) is 0 Å².